The Labute approximate surface area is 148 Å². The molecule has 0 unspecified atom stereocenters. The van der Waals surface area contributed by atoms with E-state index < -0.39 is 5.97 Å². The lowest BCUT2D eigenvalue weighted by Gasteiger charge is -2.22. The van der Waals surface area contributed by atoms with Crippen LogP contribution in [0.25, 0.3) is 0 Å². The number of allylic oxidation sites excluding steroid dienone is 1. The van der Waals surface area contributed by atoms with E-state index in [9.17, 15) is 9.59 Å². The van der Waals surface area contributed by atoms with E-state index in [2.05, 4.69) is 11.4 Å². The summed E-state index contributed by atoms with van der Waals surface area (Å²) in [7, 11) is 1.57. The van der Waals surface area contributed by atoms with Crippen molar-refractivity contribution in [2.24, 2.45) is 0 Å². The van der Waals surface area contributed by atoms with E-state index in [-0.39, 0.29) is 19.0 Å². The lowest BCUT2D eigenvalue weighted by molar-refractivity contribution is -0.135. The highest BCUT2D eigenvalue weighted by molar-refractivity contribution is 5.84. The Kier molecular flexibility index (Phi) is 7.32. The van der Waals surface area contributed by atoms with Crippen molar-refractivity contribution in [1.82, 2.24) is 5.32 Å². The average Bonchev–Trinajstić information content (AvgIpc) is 2.62. The van der Waals surface area contributed by atoms with Gasteiger partial charge in [0.05, 0.1) is 13.7 Å². The SMILES string of the molecule is COc1ccc(N(CC(=O)O)CC(=O)NCCC2=CCCCC2)cc1. The van der Waals surface area contributed by atoms with Crippen LogP contribution in [-0.4, -0.2) is 43.7 Å². The summed E-state index contributed by atoms with van der Waals surface area (Å²) in [6, 6.07) is 7.00. The minimum atomic E-state index is -0.976. The van der Waals surface area contributed by atoms with Crippen molar-refractivity contribution in [3.05, 3.63) is 35.9 Å². The number of anilines is 1. The monoisotopic (exact) mass is 346 g/mol. The first-order valence-electron chi connectivity index (χ1n) is 8.64. The number of benzene rings is 1. The Balaban J connectivity index is 1.87. The number of carbonyl (C=O) groups excluding carboxylic acids is 1. The second kappa shape index (κ2) is 9.71. The number of amides is 1. The van der Waals surface area contributed by atoms with Crippen LogP contribution in [0.15, 0.2) is 35.9 Å². The maximum Gasteiger partial charge on any atom is 0.323 e. The summed E-state index contributed by atoms with van der Waals surface area (Å²) in [4.78, 5) is 24.8. The molecule has 0 atom stereocenters. The van der Waals surface area contributed by atoms with Gasteiger partial charge in [-0.1, -0.05) is 11.6 Å². The minimum absolute atomic E-state index is 0.0116. The average molecular weight is 346 g/mol. The number of rotatable bonds is 9. The van der Waals surface area contributed by atoms with Gasteiger partial charge in [0.15, 0.2) is 0 Å². The van der Waals surface area contributed by atoms with Crippen molar-refractivity contribution < 1.29 is 19.4 Å². The zero-order chi connectivity index (χ0) is 18.1. The number of hydrogen-bond acceptors (Lipinski definition) is 4. The number of ether oxygens (including phenoxy) is 1. The molecule has 1 aromatic rings. The molecule has 1 aliphatic rings. The first-order chi connectivity index (χ1) is 12.1. The number of carboxylic acids is 1. The molecule has 2 rings (SSSR count). The van der Waals surface area contributed by atoms with Crippen LogP contribution in [0.3, 0.4) is 0 Å². The highest BCUT2D eigenvalue weighted by Crippen LogP contribution is 2.20. The van der Waals surface area contributed by atoms with E-state index >= 15 is 0 Å². The molecule has 0 spiro atoms. The van der Waals surface area contributed by atoms with Gasteiger partial charge >= 0.3 is 5.97 Å². The zero-order valence-corrected chi connectivity index (χ0v) is 14.7. The van der Waals surface area contributed by atoms with Crippen molar-refractivity contribution in [2.45, 2.75) is 32.1 Å². The molecular weight excluding hydrogens is 320 g/mol. The van der Waals surface area contributed by atoms with Crippen molar-refractivity contribution in [3.63, 3.8) is 0 Å². The molecular formula is C19H26N2O4. The molecule has 136 valence electrons. The Morgan fingerprint density at radius 2 is 1.96 bits per heavy atom. The number of nitrogens with zero attached hydrogens (tertiary/aromatic N) is 1. The molecule has 0 bridgehead atoms. The fourth-order valence-corrected chi connectivity index (χ4v) is 2.92. The first kappa shape index (κ1) is 18.8. The number of methoxy groups -OCH3 is 1. The summed E-state index contributed by atoms with van der Waals surface area (Å²) in [5.74, 6) is -0.464. The molecule has 25 heavy (non-hydrogen) atoms. The van der Waals surface area contributed by atoms with Crippen LogP contribution in [0.4, 0.5) is 5.69 Å². The van der Waals surface area contributed by atoms with Crippen molar-refractivity contribution >= 4 is 17.6 Å². The van der Waals surface area contributed by atoms with Gasteiger partial charge in [-0.15, -0.1) is 0 Å². The van der Waals surface area contributed by atoms with E-state index in [1.807, 2.05) is 0 Å². The standard InChI is InChI=1S/C19H26N2O4/c1-25-17-9-7-16(8-10-17)21(14-19(23)24)13-18(22)20-12-11-15-5-3-2-4-6-15/h5,7-10H,2-4,6,11-14H2,1H3,(H,20,22)(H,23,24). The molecule has 1 amide bonds. The smallest absolute Gasteiger partial charge is 0.323 e. The number of carboxylic acid groups (broad SMARTS) is 1. The highest BCUT2D eigenvalue weighted by atomic mass is 16.5. The molecule has 0 fully saturated rings. The molecule has 1 aliphatic carbocycles. The van der Waals surface area contributed by atoms with Crippen LogP contribution in [0, 0.1) is 0 Å². The number of nitrogens with one attached hydrogen (secondary N) is 1. The topological polar surface area (TPSA) is 78.9 Å². The first-order valence-corrected chi connectivity index (χ1v) is 8.64. The number of carbonyl (C=O) groups is 2. The third-order valence-electron chi connectivity index (χ3n) is 4.25. The van der Waals surface area contributed by atoms with Crippen LogP contribution in [0.2, 0.25) is 0 Å². The molecule has 6 heteroatoms. The van der Waals surface area contributed by atoms with Crippen molar-refractivity contribution in [2.75, 3.05) is 31.6 Å². The summed E-state index contributed by atoms with van der Waals surface area (Å²) in [5.41, 5.74) is 2.08. The Morgan fingerprint density at radius 1 is 1.20 bits per heavy atom. The van der Waals surface area contributed by atoms with Gasteiger partial charge < -0.3 is 20.1 Å². The lowest BCUT2D eigenvalue weighted by Crippen LogP contribution is -2.40. The third-order valence-corrected chi connectivity index (χ3v) is 4.25. The molecule has 0 saturated carbocycles. The second-order valence-electron chi connectivity index (χ2n) is 6.16. The molecule has 0 heterocycles. The summed E-state index contributed by atoms with van der Waals surface area (Å²) in [6.07, 6.45) is 7.86. The summed E-state index contributed by atoms with van der Waals surface area (Å²) in [5, 5.41) is 12.0. The van der Waals surface area contributed by atoms with Crippen molar-refractivity contribution in [1.29, 1.82) is 0 Å². The van der Waals surface area contributed by atoms with Gasteiger partial charge in [-0.2, -0.15) is 0 Å². The van der Waals surface area contributed by atoms with Crippen LogP contribution < -0.4 is 15.0 Å². The summed E-state index contributed by atoms with van der Waals surface area (Å²) in [6.45, 7) is 0.372. The van der Waals surface area contributed by atoms with Gasteiger partial charge in [-0.3, -0.25) is 9.59 Å². The quantitative estimate of drug-likeness (QED) is 0.672. The van der Waals surface area contributed by atoms with E-state index in [1.54, 1.807) is 31.4 Å². The van der Waals surface area contributed by atoms with E-state index in [1.165, 1.54) is 23.3 Å². The molecule has 6 nitrogen and oxygen atoms in total. The van der Waals surface area contributed by atoms with Crippen molar-refractivity contribution in [3.8, 4) is 5.75 Å². The molecule has 0 saturated heterocycles. The predicted molar refractivity (Wildman–Crippen MR) is 97.0 cm³/mol. The van der Waals surface area contributed by atoms with Crippen LogP contribution in [0.1, 0.15) is 32.1 Å². The van der Waals surface area contributed by atoms with Gasteiger partial charge in [0.25, 0.3) is 0 Å². The Morgan fingerprint density at radius 3 is 2.56 bits per heavy atom. The van der Waals surface area contributed by atoms with Gasteiger partial charge in [0, 0.05) is 12.2 Å². The van der Waals surface area contributed by atoms with Crippen LogP contribution in [-0.2, 0) is 9.59 Å². The minimum Gasteiger partial charge on any atom is -0.497 e. The molecule has 1 aromatic carbocycles. The fourth-order valence-electron chi connectivity index (χ4n) is 2.92. The van der Waals surface area contributed by atoms with E-state index in [0.717, 1.165) is 19.3 Å². The van der Waals surface area contributed by atoms with Crippen LogP contribution in [0.5, 0.6) is 5.75 Å². The largest absolute Gasteiger partial charge is 0.497 e. The van der Waals surface area contributed by atoms with Gasteiger partial charge in [0.1, 0.15) is 12.3 Å². The van der Waals surface area contributed by atoms with E-state index in [4.69, 9.17) is 9.84 Å². The second-order valence-corrected chi connectivity index (χ2v) is 6.16. The third kappa shape index (κ3) is 6.49. The highest BCUT2D eigenvalue weighted by Gasteiger charge is 2.15. The van der Waals surface area contributed by atoms with Gasteiger partial charge in [0.2, 0.25) is 5.91 Å². The van der Waals surface area contributed by atoms with Crippen LogP contribution >= 0.6 is 0 Å². The number of hydrogen-bond donors (Lipinski definition) is 2. The zero-order valence-electron chi connectivity index (χ0n) is 14.7. The van der Waals surface area contributed by atoms with E-state index in [0.29, 0.717) is 18.0 Å². The Bertz CT molecular complexity index is 610. The maximum atomic E-state index is 12.2. The Hall–Kier alpha value is -2.50. The molecule has 0 aliphatic heterocycles. The lowest BCUT2D eigenvalue weighted by atomic mass is 9.97. The maximum absolute atomic E-state index is 12.2. The fraction of sp³-hybridized carbons (Fsp3) is 0.474. The molecule has 0 aromatic heterocycles. The summed E-state index contributed by atoms with van der Waals surface area (Å²) < 4.78 is 5.10. The molecule has 0 radical (unpaired) electrons. The van der Waals surface area contributed by atoms with Gasteiger partial charge in [-0.05, 0) is 56.4 Å². The van der Waals surface area contributed by atoms with Gasteiger partial charge in [-0.25, -0.2) is 0 Å². The summed E-state index contributed by atoms with van der Waals surface area (Å²) >= 11 is 0. The molecule has 2 N–H and O–H groups in total. The number of aliphatic carboxylic acids is 1. The normalized spacial score (nSPS) is 13.7. The predicted octanol–water partition coefficient (Wildman–Crippen LogP) is 2.59.